The first-order valence-corrected chi connectivity index (χ1v) is 8.36. The van der Waals surface area contributed by atoms with Crippen LogP contribution in [-0.2, 0) is 0 Å². The lowest BCUT2D eigenvalue weighted by atomic mass is 10.0. The highest BCUT2D eigenvalue weighted by atomic mass is 79.9. The molecule has 0 spiro atoms. The summed E-state index contributed by atoms with van der Waals surface area (Å²) < 4.78 is 1.00. The van der Waals surface area contributed by atoms with Gasteiger partial charge in [-0.2, -0.15) is 0 Å². The molecule has 0 amide bonds. The van der Waals surface area contributed by atoms with Crippen molar-refractivity contribution in [2.75, 3.05) is 26.2 Å². The van der Waals surface area contributed by atoms with Gasteiger partial charge in [-0.1, -0.05) is 40.5 Å². The number of benzene rings is 1. The molecule has 2 N–H and O–H groups in total. The van der Waals surface area contributed by atoms with Crippen molar-refractivity contribution in [3.8, 4) is 0 Å². The number of halogens is 2. The summed E-state index contributed by atoms with van der Waals surface area (Å²) in [6.07, 6.45) is 1.75. The van der Waals surface area contributed by atoms with Crippen LogP contribution in [0.5, 0.6) is 0 Å². The zero-order valence-electron chi connectivity index (χ0n) is 11.8. The summed E-state index contributed by atoms with van der Waals surface area (Å²) in [6, 6.07) is 6.32. The Kier molecular flexibility index (Phi) is 6.30. The second-order valence-electron chi connectivity index (χ2n) is 5.31. The van der Waals surface area contributed by atoms with E-state index in [2.05, 4.69) is 39.1 Å². The van der Waals surface area contributed by atoms with Crippen molar-refractivity contribution in [3.05, 3.63) is 33.3 Å². The monoisotopic (exact) mass is 360 g/mol. The molecule has 1 aliphatic rings. The summed E-state index contributed by atoms with van der Waals surface area (Å²) in [6.45, 7) is 5.81. The summed E-state index contributed by atoms with van der Waals surface area (Å²) >= 11 is 9.80. The van der Waals surface area contributed by atoms with Crippen molar-refractivity contribution in [2.45, 2.75) is 31.9 Å². The molecular formula is C15H22BrClN2O. The Labute approximate surface area is 134 Å². The van der Waals surface area contributed by atoms with E-state index in [0.29, 0.717) is 0 Å². The van der Waals surface area contributed by atoms with Gasteiger partial charge in [-0.15, -0.1) is 0 Å². The zero-order chi connectivity index (χ0) is 14.5. The van der Waals surface area contributed by atoms with E-state index >= 15 is 0 Å². The third-order valence-electron chi connectivity index (χ3n) is 3.77. The predicted molar refractivity (Wildman–Crippen MR) is 87.3 cm³/mol. The quantitative estimate of drug-likeness (QED) is 0.816. The fourth-order valence-electron chi connectivity index (χ4n) is 2.73. The molecule has 2 unspecified atom stereocenters. The number of nitrogens with zero attached hydrogens (tertiary/aromatic N) is 1. The standard InChI is InChI=1S/C15H22BrClN2O/c1-2-18-15(6-8-19-7-5-12(20)10-19)13-4-3-11(16)9-14(13)17/h3-4,9,12,15,18,20H,2,5-8,10H2,1H3. The fourth-order valence-corrected chi connectivity index (χ4v) is 3.53. The second-order valence-corrected chi connectivity index (χ2v) is 6.63. The molecule has 1 aromatic carbocycles. The van der Waals surface area contributed by atoms with Crippen LogP contribution in [-0.4, -0.2) is 42.3 Å². The molecule has 2 rings (SSSR count). The first kappa shape index (κ1) is 16.2. The van der Waals surface area contributed by atoms with Crippen LogP contribution >= 0.6 is 27.5 Å². The van der Waals surface area contributed by atoms with Crippen LogP contribution in [0.1, 0.15) is 31.4 Å². The number of nitrogens with one attached hydrogen (secondary N) is 1. The van der Waals surface area contributed by atoms with Crippen LogP contribution < -0.4 is 5.32 Å². The third kappa shape index (κ3) is 4.43. The fraction of sp³-hybridized carbons (Fsp3) is 0.600. The highest BCUT2D eigenvalue weighted by Gasteiger charge is 2.21. The molecular weight excluding hydrogens is 340 g/mol. The van der Waals surface area contributed by atoms with Crippen LogP contribution in [0, 0.1) is 0 Å². The average molecular weight is 362 g/mol. The van der Waals surface area contributed by atoms with Crippen molar-refractivity contribution < 1.29 is 5.11 Å². The van der Waals surface area contributed by atoms with Gasteiger partial charge in [-0.3, -0.25) is 0 Å². The molecule has 112 valence electrons. The molecule has 20 heavy (non-hydrogen) atoms. The summed E-state index contributed by atoms with van der Waals surface area (Å²) in [5.74, 6) is 0. The maximum Gasteiger partial charge on any atom is 0.0679 e. The van der Waals surface area contributed by atoms with Crippen molar-refractivity contribution in [1.82, 2.24) is 10.2 Å². The molecule has 1 aromatic rings. The van der Waals surface area contributed by atoms with E-state index in [1.54, 1.807) is 0 Å². The normalized spacial score (nSPS) is 21.3. The summed E-state index contributed by atoms with van der Waals surface area (Å²) in [5, 5.41) is 13.9. The van der Waals surface area contributed by atoms with E-state index < -0.39 is 0 Å². The van der Waals surface area contributed by atoms with E-state index in [9.17, 15) is 5.11 Å². The van der Waals surface area contributed by atoms with Gasteiger partial charge in [-0.05, 0) is 37.1 Å². The summed E-state index contributed by atoms with van der Waals surface area (Å²) in [4.78, 5) is 2.32. The number of hydrogen-bond acceptors (Lipinski definition) is 3. The van der Waals surface area contributed by atoms with Gasteiger partial charge in [0.25, 0.3) is 0 Å². The van der Waals surface area contributed by atoms with E-state index in [1.807, 2.05) is 12.1 Å². The minimum atomic E-state index is -0.149. The molecule has 1 saturated heterocycles. The largest absolute Gasteiger partial charge is 0.392 e. The first-order chi connectivity index (χ1) is 9.60. The molecule has 0 saturated carbocycles. The maximum atomic E-state index is 9.58. The Balaban J connectivity index is 1.99. The van der Waals surface area contributed by atoms with Gasteiger partial charge < -0.3 is 15.3 Å². The number of aliphatic hydroxyl groups is 1. The van der Waals surface area contributed by atoms with Crippen LogP contribution in [0.4, 0.5) is 0 Å². The van der Waals surface area contributed by atoms with Gasteiger partial charge in [0.1, 0.15) is 0 Å². The van der Waals surface area contributed by atoms with Gasteiger partial charge in [0.2, 0.25) is 0 Å². The van der Waals surface area contributed by atoms with Crippen LogP contribution in [0.3, 0.4) is 0 Å². The van der Waals surface area contributed by atoms with Crippen molar-refractivity contribution >= 4 is 27.5 Å². The summed E-state index contributed by atoms with van der Waals surface area (Å²) in [7, 11) is 0. The minimum absolute atomic E-state index is 0.149. The molecule has 1 fully saturated rings. The lowest BCUT2D eigenvalue weighted by molar-refractivity contribution is 0.174. The number of aliphatic hydroxyl groups excluding tert-OH is 1. The molecule has 0 aromatic heterocycles. The molecule has 1 aliphatic heterocycles. The molecule has 3 nitrogen and oxygen atoms in total. The van der Waals surface area contributed by atoms with E-state index in [0.717, 1.165) is 54.1 Å². The molecule has 2 atom stereocenters. The van der Waals surface area contributed by atoms with Crippen LogP contribution in [0.25, 0.3) is 0 Å². The predicted octanol–water partition coefficient (Wildman–Crippen LogP) is 3.21. The van der Waals surface area contributed by atoms with Gasteiger partial charge >= 0.3 is 0 Å². The highest BCUT2D eigenvalue weighted by Crippen LogP contribution is 2.28. The molecule has 0 aliphatic carbocycles. The maximum absolute atomic E-state index is 9.58. The third-order valence-corrected chi connectivity index (χ3v) is 4.59. The van der Waals surface area contributed by atoms with E-state index in [-0.39, 0.29) is 12.1 Å². The minimum Gasteiger partial charge on any atom is -0.392 e. The summed E-state index contributed by atoms with van der Waals surface area (Å²) in [5.41, 5.74) is 1.15. The van der Waals surface area contributed by atoms with E-state index in [4.69, 9.17) is 11.6 Å². The SMILES string of the molecule is CCNC(CCN1CCC(O)C1)c1ccc(Br)cc1Cl. The molecule has 1 heterocycles. The number of rotatable bonds is 6. The van der Waals surface area contributed by atoms with Crippen molar-refractivity contribution in [2.24, 2.45) is 0 Å². The lowest BCUT2D eigenvalue weighted by Gasteiger charge is -2.23. The Morgan fingerprint density at radius 3 is 2.95 bits per heavy atom. The first-order valence-electron chi connectivity index (χ1n) is 7.19. The Hall–Kier alpha value is -0.130. The molecule has 0 bridgehead atoms. The second kappa shape index (κ2) is 7.76. The number of likely N-dealkylation sites (tertiary alicyclic amines) is 1. The number of hydrogen-bond donors (Lipinski definition) is 2. The molecule has 5 heteroatoms. The topological polar surface area (TPSA) is 35.5 Å². The Morgan fingerprint density at radius 1 is 1.55 bits per heavy atom. The smallest absolute Gasteiger partial charge is 0.0679 e. The Morgan fingerprint density at radius 2 is 2.35 bits per heavy atom. The highest BCUT2D eigenvalue weighted by molar-refractivity contribution is 9.10. The van der Waals surface area contributed by atoms with Crippen molar-refractivity contribution in [3.63, 3.8) is 0 Å². The van der Waals surface area contributed by atoms with Gasteiger partial charge in [0.15, 0.2) is 0 Å². The van der Waals surface area contributed by atoms with Gasteiger partial charge in [0.05, 0.1) is 6.10 Å². The van der Waals surface area contributed by atoms with E-state index in [1.165, 1.54) is 0 Å². The molecule has 0 radical (unpaired) electrons. The van der Waals surface area contributed by atoms with Crippen LogP contribution in [0.15, 0.2) is 22.7 Å². The van der Waals surface area contributed by atoms with Crippen molar-refractivity contribution in [1.29, 1.82) is 0 Å². The van der Waals surface area contributed by atoms with Crippen LogP contribution in [0.2, 0.25) is 5.02 Å². The number of β-amino-alcohol motifs (C(OH)–C–C–N with tert-alkyl or cyclic N) is 1. The van der Waals surface area contributed by atoms with Gasteiger partial charge in [-0.25, -0.2) is 0 Å². The Bertz CT molecular complexity index is 444. The zero-order valence-corrected chi connectivity index (χ0v) is 14.1. The van der Waals surface area contributed by atoms with Gasteiger partial charge in [0, 0.05) is 35.2 Å². The lowest BCUT2D eigenvalue weighted by Crippen LogP contribution is -2.29. The average Bonchev–Trinajstić information content (AvgIpc) is 2.81.